The molecule has 32 heavy (non-hydrogen) atoms. The molecule has 2 N–H and O–H groups in total. The standard InChI is InChI=1S/C21H26N4O5S2/c1-2-4-15(24-6-8-30-9-7-24)22-14-12-32-20-17(19(27)25(20)18(14)21(28)29)23-16(26)11-13-5-3-10-31-13/h3,5,10,17,20H,2,4,6-9,11-12H2,1H3,(H,23,26)(H,28,29)/b22-15+/t17-,20-/m1/s1. The summed E-state index contributed by atoms with van der Waals surface area (Å²) in [4.78, 5) is 46.3. The van der Waals surface area contributed by atoms with E-state index in [1.165, 1.54) is 28.0 Å². The number of rotatable bonds is 7. The number of carboxylic acid groups (broad SMARTS) is 1. The molecule has 2 amide bonds. The van der Waals surface area contributed by atoms with Crippen LogP contribution in [0.3, 0.4) is 0 Å². The first-order valence-electron chi connectivity index (χ1n) is 10.6. The number of amidine groups is 1. The van der Waals surface area contributed by atoms with Gasteiger partial charge in [-0.15, -0.1) is 23.1 Å². The van der Waals surface area contributed by atoms with Crippen LogP contribution in [0.15, 0.2) is 33.9 Å². The third-order valence-corrected chi connectivity index (χ3v) is 7.64. The van der Waals surface area contributed by atoms with E-state index in [4.69, 9.17) is 9.73 Å². The van der Waals surface area contributed by atoms with Crippen LogP contribution in [0.5, 0.6) is 0 Å². The molecule has 2 saturated heterocycles. The van der Waals surface area contributed by atoms with Gasteiger partial charge < -0.3 is 20.1 Å². The summed E-state index contributed by atoms with van der Waals surface area (Å²) in [7, 11) is 0. The fourth-order valence-corrected chi connectivity index (χ4v) is 5.94. The van der Waals surface area contributed by atoms with E-state index < -0.39 is 23.3 Å². The Balaban J connectivity index is 1.52. The van der Waals surface area contributed by atoms with Gasteiger partial charge in [0.2, 0.25) is 5.91 Å². The Morgan fingerprint density at radius 1 is 1.34 bits per heavy atom. The first-order valence-corrected chi connectivity index (χ1v) is 12.6. The van der Waals surface area contributed by atoms with E-state index >= 15 is 0 Å². The summed E-state index contributed by atoms with van der Waals surface area (Å²) in [6, 6.07) is 3.02. The van der Waals surface area contributed by atoms with E-state index in [1.54, 1.807) is 0 Å². The van der Waals surface area contributed by atoms with Gasteiger partial charge in [0.25, 0.3) is 5.91 Å². The highest BCUT2D eigenvalue weighted by Crippen LogP contribution is 2.41. The highest BCUT2D eigenvalue weighted by atomic mass is 32.2. The van der Waals surface area contributed by atoms with Gasteiger partial charge in [0, 0.05) is 30.1 Å². The van der Waals surface area contributed by atoms with Crippen LogP contribution in [0.2, 0.25) is 0 Å². The van der Waals surface area contributed by atoms with Gasteiger partial charge in [-0.2, -0.15) is 0 Å². The first kappa shape index (κ1) is 22.8. The summed E-state index contributed by atoms with van der Waals surface area (Å²) in [5, 5.41) is 14.1. The second-order valence-corrected chi connectivity index (χ2v) is 9.83. The van der Waals surface area contributed by atoms with Gasteiger partial charge in [-0.05, 0) is 17.9 Å². The van der Waals surface area contributed by atoms with Crippen LogP contribution in [0.1, 0.15) is 24.6 Å². The molecule has 2 atom stereocenters. The third kappa shape index (κ3) is 4.69. The second kappa shape index (κ2) is 10.1. The fourth-order valence-electron chi connectivity index (χ4n) is 3.97. The van der Waals surface area contributed by atoms with E-state index in [9.17, 15) is 19.5 Å². The zero-order valence-corrected chi connectivity index (χ0v) is 19.4. The largest absolute Gasteiger partial charge is 0.477 e. The van der Waals surface area contributed by atoms with Crippen molar-refractivity contribution in [3.63, 3.8) is 0 Å². The monoisotopic (exact) mass is 478 g/mol. The van der Waals surface area contributed by atoms with E-state index in [0.29, 0.717) is 37.8 Å². The van der Waals surface area contributed by atoms with Crippen LogP contribution in [-0.2, 0) is 25.5 Å². The average molecular weight is 479 g/mol. The number of aliphatic imine (C=N–C) groups is 1. The quantitative estimate of drug-likeness (QED) is 0.347. The van der Waals surface area contributed by atoms with E-state index in [-0.39, 0.29) is 18.0 Å². The number of thioether (sulfide) groups is 1. The molecule has 2 fully saturated rings. The van der Waals surface area contributed by atoms with Crippen LogP contribution in [-0.4, -0.2) is 82.0 Å². The number of nitrogens with one attached hydrogen (secondary N) is 1. The molecule has 0 unspecified atom stereocenters. The maximum atomic E-state index is 12.8. The van der Waals surface area contributed by atoms with Crippen molar-refractivity contribution in [3.8, 4) is 0 Å². The van der Waals surface area contributed by atoms with E-state index in [0.717, 1.165) is 23.6 Å². The minimum Gasteiger partial charge on any atom is -0.477 e. The molecule has 3 aliphatic heterocycles. The Morgan fingerprint density at radius 2 is 2.12 bits per heavy atom. The van der Waals surface area contributed by atoms with Crippen molar-refractivity contribution < 1.29 is 24.2 Å². The van der Waals surface area contributed by atoms with Gasteiger partial charge in [-0.3, -0.25) is 14.5 Å². The molecule has 11 heteroatoms. The smallest absolute Gasteiger partial charge is 0.354 e. The normalized spacial score (nSPS) is 23.7. The number of carbonyl (C=O) groups is 3. The van der Waals surface area contributed by atoms with Gasteiger partial charge >= 0.3 is 5.97 Å². The number of aliphatic carboxylic acids is 1. The Hall–Kier alpha value is -2.37. The SMILES string of the molecule is CCC/C(=N\C1=C(C(=O)O)N2C(=O)[C@@H](NC(=O)Cc3cccs3)[C@H]2SC1)N1CCOCC1. The molecule has 9 nitrogen and oxygen atoms in total. The molecule has 4 rings (SSSR count). The van der Waals surface area contributed by atoms with E-state index in [1.807, 2.05) is 17.5 Å². The van der Waals surface area contributed by atoms with Crippen molar-refractivity contribution in [2.24, 2.45) is 4.99 Å². The number of carbonyl (C=O) groups excluding carboxylic acids is 2. The minimum absolute atomic E-state index is 0.0793. The molecular formula is C21H26N4O5S2. The topological polar surface area (TPSA) is 112 Å². The number of nitrogens with zero attached hydrogens (tertiary/aromatic N) is 3. The van der Waals surface area contributed by atoms with Crippen LogP contribution < -0.4 is 5.32 Å². The third-order valence-electron chi connectivity index (χ3n) is 5.50. The molecule has 1 aromatic heterocycles. The number of carboxylic acids is 1. The summed E-state index contributed by atoms with van der Waals surface area (Å²) in [6.45, 7) is 4.71. The number of β-lactam (4-membered cyclic amide) rings is 1. The summed E-state index contributed by atoms with van der Waals surface area (Å²) < 4.78 is 5.41. The number of morpholine rings is 1. The van der Waals surface area contributed by atoms with Gasteiger partial charge in [0.15, 0.2) is 5.70 Å². The number of amides is 2. The number of ether oxygens (including phenoxy) is 1. The molecule has 0 saturated carbocycles. The van der Waals surface area contributed by atoms with Crippen molar-refractivity contribution in [3.05, 3.63) is 33.8 Å². The van der Waals surface area contributed by atoms with Crippen molar-refractivity contribution in [1.29, 1.82) is 0 Å². The molecule has 1 aromatic rings. The summed E-state index contributed by atoms with van der Waals surface area (Å²) in [6.07, 6.45) is 1.80. The zero-order chi connectivity index (χ0) is 22.7. The summed E-state index contributed by atoms with van der Waals surface area (Å²) in [5.41, 5.74) is 0.315. The molecule has 0 bridgehead atoms. The summed E-state index contributed by atoms with van der Waals surface area (Å²) >= 11 is 2.91. The molecule has 3 aliphatic rings. The van der Waals surface area contributed by atoms with Gasteiger partial charge in [0.05, 0.1) is 25.3 Å². The molecule has 0 spiro atoms. The number of hydrogen-bond acceptors (Lipinski definition) is 7. The molecule has 0 aromatic carbocycles. The number of fused-ring (bicyclic) bond motifs is 1. The lowest BCUT2D eigenvalue weighted by Crippen LogP contribution is -2.70. The molecule has 172 valence electrons. The molecular weight excluding hydrogens is 452 g/mol. The molecule has 0 radical (unpaired) electrons. The highest BCUT2D eigenvalue weighted by Gasteiger charge is 2.54. The lowest BCUT2D eigenvalue weighted by Gasteiger charge is -2.49. The first-order chi connectivity index (χ1) is 15.5. The minimum atomic E-state index is -1.18. The lowest BCUT2D eigenvalue weighted by atomic mass is 10.0. The Bertz CT molecular complexity index is 940. The van der Waals surface area contributed by atoms with Crippen LogP contribution >= 0.6 is 23.1 Å². The highest BCUT2D eigenvalue weighted by molar-refractivity contribution is 8.00. The van der Waals surface area contributed by atoms with E-state index in [2.05, 4.69) is 17.1 Å². The second-order valence-electron chi connectivity index (χ2n) is 7.69. The number of hydrogen-bond donors (Lipinski definition) is 2. The van der Waals surface area contributed by atoms with Crippen molar-refractivity contribution in [1.82, 2.24) is 15.1 Å². The average Bonchev–Trinajstić information content (AvgIpc) is 3.30. The lowest BCUT2D eigenvalue weighted by molar-refractivity contribution is -0.150. The molecule has 0 aliphatic carbocycles. The Morgan fingerprint density at radius 3 is 2.78 bits per heavy atom. The maximum Gasteiger partial charge on any atom is 0.354 e. The predicted octanol–water partition coefficient (Wildman–Crippen LogP) is 1.52. The maximum absolute atomic E-state index is 12.8. The Labute approximate surface area is 194 Å². The molecule has 4 heterocycles. The van der Waals surface area contributed by atoms with Crippen molar-refractivity contribution in [2.75, 3.05) is 32.1 Å². The number of thiophene rings is 1. The van der Waals surface area contributed by atoms with Gasteiger partial charge in [-0.25, -0.2) is 9.79 Å². The summed E-state index contributed by atoms with van der Waals surface area (Å²) in [5.74, 6) is -0.630. The van der Waals surface area contributed by atoms with Crippen molar-refractivity contribution >= 4 is 46.7 Å². The van der Waals surface area contributed by atoms with Crippen molar-refractivity contribution in [2.45, 2.75) is 37.6 Å². The van der Waals surface area contributed by atoms with Gasteiger partial charge in [0.1, 0.15) is 17.3 Å². The fraction of sp³-hybridized carbons (Fsp3) is 0.524. The van der Waals surface area contributed by atoms with Crippen LogP contribution in [0.25, 0.3) is 0 Å². The van der Waals surface area contributed by atoms with Gasteiger partial charge in [-0.1, -0.05) is 13.0 Å². The van der Waals surface area contributed by atoms with Crippen LogP contribution in [0.4, 0.5) is 0 Å². The zero-order valence-electron chi connectivity index (χ0n) is 17.8. The predicted molar refractivity (Wildman–Crippen MR) is 122 cm³/mol. The Kier molecular flexibility index (Phi) is 7.17. The van der Waals surface area contributed by atoms with Crippen LogP contribution in [0, 0.1) is 0 Å².